The molecule has 6 heteroatoms. The van der Waals surface area contributed by atoms with Gasteiger partial charge in [0.15, 0.2) is 11.5 Å². The highest BCUT2D eigenvalue weighted by molar-refractivity contribution is 6.00. The lowest BCUT2D eigenvalue weighted by Gasteiger charge is -2.10. The van der Waals surface area contributed by atoms with E-state index in [9.17, 15) is 4.79 Å². The number of aryl methyl sites for hydroxylation is 1. The molecule has 2 aromatic carbocycles. The van der Waals surface area contributed by atoms with Crippen molar-refractivity contribution in [3.05, 3.63) is 47.5 Å². The van der Waals surface area contributed by atoms with Crippen LogP contribution in [0.1, 0.15) is 22.8 Å². The van der Waals surface area contributed by atoms with Crippen LogP contribution in [0.4, 0.5) is 0 Å². The molecule has 3 aromatic rings. The zero-order valence-corrected chi connectivity index (χ0v) is 17.8. The van der Waals surface area contributed by atoms with Crippen molar-refractivity contribution in [1.82, 2.24) is 15.2 Å². The zero-order chi connectivity index (χ0) is 21.0. The molecule has 6 nitrogen and oxygen atoms in total. The number of fused-ring (bicyclic) bond motifs is 1. The maximum absolute atomic E-state index is 12.5. The van der Waals surface area contributed by atoms with Crippen molar-refractivity contribution in [2.45, 2.75) is 13.3 Å². The number of aromatic nitrogens is 1. The van der Waals surface area contributed by atoms with Crippen molar-refractivity contribution >= 4 is 16.8 Å². The molecule has 0 radical (unpaired) electrons. The van der Waals surface area contributed by atoms with Crippen LogP contribution < -0.4 is 14.8 Å². The number of ether oxygens (including phenoxy) is 2. The van der Waals surface area contributed by atoms with E-state index in [1.807, 2.05) is 55.4 Å². The highest BCUT2D eigenvalue weighted by Gasteiger charge is 2.16. The fourth-order valence-corrected chi connectivity index (χ4v) is 3.49. The number of nitrogens with zero attached hydrogens (tertiary/aromatic N) is 1. The van der Waals surface area contributed by atoms with Gasteiger partial charge in [0.1, 0.15) is 0 Å². The van der Waals surface area contributed by atoms with E-state index in [0.717, 1.165) is 35.1 Å². The third-order valence-corrected chi connectivity index (χ3v) is 5.04. The van der Waals surface area contributed by atoms with E-state index in [2.05, 4.69) is 17.2 Å². The van der Waals surface area contributed by atoms with Gasteiger partial charge in [0.2, 0.25) is 0 Å². The fraction of sp³-hybridized carbons (Fsp3) is 0.348. The summed E-state index contributed by atoms with van der Waals surface area (Å²) in [4.78, 5) is 18.1. The fourth-order valence-electron chi connectivity index (χ4n) is 3.49. The first-order chi connectivity index (χ1) is 14.0. The first-order valence-corrected chi connectivity index (χ1v) is 9.78. The number of carbonyl (C=O) groups excluding carboxylic acids is 1. The summed E-state index contributed by atoms with van der Waals surface area (Å²) in [5.74, 6) is 1.33. The quantitative estimate of drug-likeness (QED) is 0.610. The number of H-pyrrole nitrogens is 1. The summed E-state index contributed by atoms with van der Waals surface area (Å²) in [6.07, 6.45) is 0.843. The van der Waals surface area contributed by atoms with E-state index < -0.39 is 0 Å². The van der Waals surface area contributed by atoms with Gasteiger partial charge in [-0.15, -0.1) is 0 Å². The molecule has 0 bridgehead atoms. The van der Waals surface area contributed by atoms with Crippen molar-refractivity contribution in [1.29, 1.82) is 0 Å². The molecule has 29 heavy (non-hydrogen) atoms. The minimum absolute atomic E-state index is 0.0512. The Balaban J connectivity index is 1.97. The summed E-state index contributed by atoms with van der Waals surface area (Å²) in [7, 11) is 7.24. The van der Waals surface area contributed by atoms with Crippen LogP contribution in [0.15, 0.2) is 36.4 Å². The van der Waals surface area contributed by atoms with E-state index in [1.54, 1.807) is 14.2 Å². The Morgan fingerprint density at radius 1 is 1.07 bits per heavy atom. The third-order valence-electron chi connectivity index (χ3n) is 5.04. The Labute approximate surface area is 171 Å². The summed E-state index contributed by atoms with van der Waals surface area (Å²) in [5, 5.41) is 4.04. The molecule has 0 saturated carbocycles. The number of rotatable bonds is 8. The highest BCUT2D eigenvalue weighted by Crippen LogP contribution is 2.36. The zero-order valence-electron chi connectivity index (χ0n) is 17.8. The third kappa shape index (κ3) is 4.38. The van der Waals surface area contributed by atoms with E-state index in [4.69, 9.17) is 9.47 Å². The summed E-state index contributed by atoms with van der Waals surface area (Å²) >= 11 is 0. The predicted molar refractivity (Wildman–Crippen MR) is 117 cm³/mol. The molecular weight excluding hydrogens is 366 g/mol. The maximum atomic E-state index is 12.5. The van der Waals surface area contributed by atoms with Crippen molar-refractivity contribution in [2.75, 3.05) is 41.4 Å². The number of carbonyl (C=O) groups is 1. The first kappa shape index (κ1) is 20.7. The van der Waals surface area contributed by atoms with E-state index in [1.165, 1.54) is 5.56 Å². The van der Waals surface area contributed by atoms with Gasteiger partial charge in [-0.05, 0) is 62.5 Å². The number of amides is 1. The number of nitrogens with one attached hydrogen (secondary N) is 2. The van der Waals surface area contributed by atoms with Crippen LogP contribution in [0.2, 0.25) is 0 Å². The van der Waals surface area contributed by atoms with Crippen molar-refractivity contribution in [3.63, 3.8) is 0 Å². The van der Waals surface area contributed by atoms with E-state index in [-0.39, 0.29) is 5.91 Å². The van der Waals surface area contributed by atoms with Gasteiger partial charge in [0, 0.05) is 40.8 Å². The lowest BCUT2D eigenvalue weighted by atomic mass is 10.0. The van der Waals surface area contributed by atoms with Gasteiger partial charge in [0.05, 0.1) is 14.2 Å². The molecule has 0 spiro atoms. The highest BCUT2D eigenvalue weighted by atomic mass is 16.5. The molecule has 1 aromatic heterocycles. The summed E-state index contributed by atoms with van der Waals surface area (Å²) < 4.78 is 10.8. The number of benzene rings is 2. The second-order valence-corrected chi connectivity index (χ2v) is 7.22. The molecule has 154 valence electrons. The molecular formula is C23H29N3O3. The maximum Gasteiger partial charge on any atom is 0.251 e. The van der Waals surface area contributed by atoms with Crippen LogP contribution in [0.3, 0.4) is 0 Å². The molecule has 0 unspecified atom stereocenters. The SMILES string of the molecule is CCc1c(-c2ccc(OC)c(OC)c2)[nH]c2ccc(C(=O)NCCN(C)C)cc12. The molecule has 2 N–H and O–H groups in total. The Morgan fingerprint density at radius 2 is 1.83 bits per heavy atom. The van der Waals surface area contributed by atoms with Crippen LogP contribution in [0, 0.1) is 0 Å². The number of hydrogen-bond acceptors (Lipinski definition) is 4. The molecule has 0 aliphatic carbocycles. The number of likely N-dealkylation sites (N-methyl/N-ethyl adjacent to an activating group) is 1. The lowest BCUT2D eigenvalue weighted by molar-refractivity contribution is 0.0951. The van der Waals surface area contributed by atoms with Gasteiger partial charge in [-0.3, -0.25) is 4.79 Å². The minimum Gasteiger partial charge on any atom is -0.493 e. The Morgan fingerprint density at radius 3 is 2.48 bits per heavy atom. The van der Waals surface area contributed by atoms with E-state index >= 15 is 0 Å². The van der Waals surface area contributed by atoms with Crippen LogP contribution in [0.5, 0.6) is 11.5 Å². The molecule has 0 fully saturated rings. The molecule has 0 atom stereocenters. The second-order valence-electron chi connectivity index (χ2n) is 7.22. The Bertz CT molecular complexity index is 1010. The molecule has 1 heterocycles. The molecule has 0 aliphatic rings. The average Bonchev–Trinajstić information content (AvgIpc) is 3.10. The van der Waals surface area contributed by atoms with Gasteiger partial charge in [-0.2, -0.15) is 0 Å². The minimum atomic E-state index is -0.0512. The monoisotopic (exact) mass is 395 g/mol. The van der Waals surface area contributed by atoms with Gasteiger partial charge in [-0.25, -0.2) is 0 Å². The number of hydrogen-bond donors (Lipinski definition) is 2. The van der Waals surface area contributed by atoms with Crippen LogP contribution >= 0.6 is 0 Å². The largest absolute Gasteiger partial charge is 0.493 e. The van der Waals surface area contributed by atoms with Gasteiger partial charge >= 0.3 is 0 Å². The first-order valence-electron chi connectivity index (χ1n) is 9.78. The number of methoxy groups -OCH3 is 2. The second kappa shape index (κ2) is 9.01. The summed E-state index contributed by atoms with van der Waals surface area (Å²) in [5.41, 5.74) is 4.91. The summed E-state index contributed by atoms with van der Waals surface area (Å²) in [6.45, 7) is 3.55. The topological polar surface area (TPSA) is 66.6 Å². The van der Waals surface area contributed by atoms with Crippen molar-refractivity contribution in [2.24, 2.45) is 0 Å². The normalized spacial score (nSPS) is 11.1. The van der Waals surface area contributed by atoms with E-state index in [0.29, 0.717) is 23.6 Å². The van der Waals surface area contributed by atoms with Crippen LogP contribution in [-0.2, 0) is 6.42 Å². The lowest BCUT2D eigenvalue weighted by Crippen LogP contribution is -2.31. The van der Waals surface area contributed by atoms with Crippen LogP contribution in [-0.4, -0.2) is 57.2 Å². The smallest absolute Gasteiger partial charge is 0.251 e. The standard InChI is InChI=1S/C23H29N3O3/c1-6-17-18-13-16(23(27)24-11-12-26(2)3)7-9-19(18)25-22(17)15-8-10-20(28-4)21(14-15)29-5/h7-10,13-14,25H,6,11-12H2,1-5H3,(H,24,27). The Hall–Kier alpha value is -2.99. The molecule has 0 aliphatic heterocycles. The van der Waals surface area contributed by atoms with Gasteiger partial charge in [-0.1, -0.05) is 6.92 Å². The summed E-state index contributed by atoms with van der Waals surface area (Å²) in [6, 6.07) is 11.7. The number of aromatic amines is 1. The van der Waals surface area contributed by atoms with Gasteiger partial charge in [0.25, 0.3) is 5.91 Å². The average molecular weight is 396 g/mol. The predicted octanol–water partition coefficient (Wildman–Crippen LogP) is 3.71. The Kier molecular flexibility index (Phi) is 6.44. The van der Waals surface area contributed by atoms with Gasteiger partial charge < -0.3 is 24.7 Å². The molecule has 0 saturated heterocycles. The van der Waals surface area contributed by atoms with Crippen molar-refractivity contribution < 1.29 is 14.3 Å². The molecule has 1 amide bonds. The van der Waals surface area contributed by atoms with Crippen LogP contribution in [0.25, 0.3) is 22.2 Å². The van der Waals surface area contributed by atoms with Crippen molar-refractivity contribution in [3.8, 4) is 22.8 Å². The molecule has 3 rings (SSSR count).